The van der Waals surface area contributed by atoms with E-state index in [4.69, 9.17) is 5.11 Å². The first kappa shape index (κ1) is 12.0. The summed E-state index contributed by atoms with van der Waals surface area (Å²) < 4.78 is 1.75. The summed E-state index contributed by atoms with van der Waals surface area (Å²) in [4.78, 5) is 15.1. The van der Waals surface area contributed by atoms with E-state index < -0.39 is 5.97 Å². The van der Waals surface area contributed by atoms with E-state index in [2.05, 4.69) is 15.4 Å². The molecule has 6 nitrogen and oxygen atoms in total. The summed E-state index contributed by atoms with van der Waals surface area (Å²) in [5.74, 6) is -0.0449. The highest BCUT2D eigenvalue weighted by molar-refractivity contribution is 5.70. The van der Waals surface area contributed by atoms with Crippen LogP contribution in [0.1, 0.15) is 24.8 Å². The van der Waals surface area contributed by atoms with Crippen molar-refractivity contribution in [2.75, 3.05) is 5.32 Å². The van der Waals surface area contributed by atoms with Gasteiger partial charge in [-0.3, -0.25) is 4.79 Å². The SMILES string of the molecule is Cc1cc(N[C@H]2CC[C@@H](C(=O)O)C2)n2ncnc2c1. The van der Waals surface area contributed by atoms with Gasteiger partial charge in [0.1, 0.15) is 12.1 Å². The van der Waals surface area contributed by atoms with E-state index in [1.54, 1.807) is 4.52 Å². The molecule has 1 fully saturated rings. The van der Waals surface area contributed by atoms with Crippen molar-refractivity contribution in [2.24, 2.45) is 5.92 Å². The number of rotatable bonds is 3. The predicted octanol–water partition coefficient (Wildman–Crippen LogP) is 1.70. The zero-order valence-electron chi connectivity index (χ0n) is 10.7. The molecule has 0 spiro atoms. The number of hydrogen-bond donors (Lipinski definition) is 2. The summed E-state index contributed by atoms with van der Waals surface area (Å²) in [6.07, 6.45) is 3.80. The average Bonchev–Trinajstić information content (AvgIpc) is 2.96. The number of carboxylic acids is 1. The molecule has 2 aromatic heterocycles. The molecule has 1 saturated carbocycles. The highest BCUT2D eigenvalue weighted by Gasteiger charge is 2.29. The summed E-state index contributed by atoms with van der Waals surface area (Å²) in [6, 6.07) is 4.16. The fraction of sp³-hybridized carbons (Fsp3) is 0.462. The second kappa shape index (κ2) is 4.53. The number of fused-ring (bicyclic) bond motifs is 1. The number of aryl methyl sites for hydroxylation is 1. The Morgan fingerprint density at radius 3 is 3.05 bits per heavy atom. The van der Waals surface area contributed by atoms with Gasteiger partial charge in [0.2, 0.25) is 0 Å². The van der Waals surface area contributed by atoms with Crippen molar-refractivity contribution in [1.29, 1.82) is 0 Å². The van der Waals surface area contributed by atoms with Crippen LogP contribution < -0.4 is 5.32 Å². The number of carbonyl (C=O) groups is 1. The molecular weight excluding hydrogens is 244 g/mol. The first-order chi connectivity index (χ1) is 9.13. The van der Waals surface area contributed by atoms with E-state index >= 15 is 0 Å². The maximum Gasteiger partial charge on any atom is 0.306 e. The van der Waals surface area contributed by atoms with Gasteiger partial charge in [-0.15, -0.1) is 0 Å². The quantitative estimate of drug-likeness (QED) is 0.878. The molecule has 0 unspecified atom stereocenters. The van der Waals surface area contributed by atoms with Gasteiger partial charge in [0.15, 0.2) is 5.65 Å². The molecule has 100 valence electrons. The number of pyridine rings is 1. The Hall–Kier alpha value is -2.11. The van der Waals surface area contributed by atoms with Crippen molar-refractivity contribution < 1.29 is 9.90 Å². The summed E-state index contributed by atoms with van der Waals surface area (Å²) in [5, 5.41) is 16.6. The van der Waals surface area contributed by atoms with Crippen molar-refractivity contribution in [2.45, 2.75) is 32.2 Å². The van der Waals surface area contributed by atoms with Crippen LogP contribution in [-0.2, 0) is 4.79 Å². The van der Waals surface area contributed by atoms with Gasteiger partial charge in [-0.2, -0.15) is 9.61 Å². The normalized spacial score (nSPS) is 22.8. The third kappa shape index (κ3) is 2.25. The van der Waals surface area contributed by atoms with Crippen LogP contribution in [0.25, 0.3) is 5.65 Å². The predicted molar refractivity (Wildman–Crippen MR) is 70.1 cm³/mol. The van der Waals surface area contributed by atoms with Crippen molar-refractivity contribution >= 4 is 17.4 Å². The van der Waals surface area contributed by atoms with Gasteiger partial charge in [0.25, 0.3) is 0 Å². The molecule has 0 radical (unpaired) electrons. The van der Waals surface area contributed by atoms with Crippen LogP contribution in [0.4, 0.5) is 5.82 Å². The van der Waals surface area contributed by atoms with Crippen LogP contribution in [-0.4, -0.2) is 31.7 Å². The Bertz CT molecular complexity index is 622. The minimum absolute atomic E-state index is 0.190. The highest BCUT2D eigenvalue weighted by Crippen LogP contribution is 2.28. The number of hydrogen-bond acceptors (Lipinski definition) is 4. The Morgan fingerprint density at radius 2 is 2.32 bits per heavy atom. The molecule has 2 heterocycles. The van der Waals surface area contributed by atoms with Gasteiger partial charge in [-0.25, -0.2) is 4.98 Å². The minimum atomic E-state index is -0.695. The molecule has 1 aliphatic rings. The first-order valence-electron chi connectivity index (χ1n) is 6.43. The molecule has 2 N–H and O–H groups in total. The lowest BCUT2D eigenvalue weighted by molar-refractivity contribution is -0.141. The molecule has 3 rings (SSSR count). The van der Waals surface area contributed by atoms with Gasteiger partial charge >= 0.3 is 5.97 Å². The lowest BCUT2D eigenvalue weighted by Crippen LogP contribution is -2.19. The smallest absolute Gasteiger partial charge is 0.306 e. The number of nitrogens with zero attached hydrogens (tertiary/aromatic N) is 3. The second-order valence-electron chi connectivity index (χ2n) is 5.14. The summed E-state index contributed by atoms with van der Waals surface area (Å²) in [6.45, 7) is 2.01. The van der Waals surface area contributed by atoms with Crippen LogP contribution in [0.2, 0.25) is 0 Å². The van der Waals surface area contributed by atoms with E-state index in [1.807, 2.05) is 19.1 Å². The molecule has 0 saturated heterocycles. The standard InChI is InChI=1S/C13H16N4O2/c1-8-4-11-14-7-15-17(11)12(5-8)16-10-3-2-9(6-10)13(18)19/h4-5,7,9-10,16H,2-3,6H2,1H3,(H,18,19)/t9-,10+/m1/s1. The molecule has 0 amide bonds. The van der Waals surface area contributed by atoms with Gasteiger partial charge in [-0.1, -0.05) is 0 Å². The van der Waals surface area contributed by atoms with Crippen LogP contribution in [0.3, 0.4) is 0 Å². The van der Waals surface area contributed by atoms with Crippen LogP contribution in [0.5, 0.6) is 0 Å². The molecular formula is C13H16N4O2. The van der Waals surface area contributed by atoms with E-state index in [0.717, 1.165) is 29.9 Å². The Balaban J connectivity index is 1.82. The largest absolute Gasteiger partial charge is 0.481 e. The maximum atomic E-state index is 11.0. The molecule has 2 aromatic rings. The molecule has 1 aliphatic carbocycles. The minimum Gasteiger partial charge on any atom is -0.481 e. The van der Waals surface area contributed by atoms with Gasteiger partial charge in [0, 0.05) is 6.04 Å². The van der Waals surface area contributed by atoms with Gasteiger partial charge in [0.05, 0.1) is 5.92 Å². The Morgan fingerprint density at radius 1 is 1.47 bits per heavy atom. The average molecular weight is 260 g/mol. The number of aromatic nitrogens is 3. The maximum absolute atomic E-state index is 11.0. The number of aliphatic carboxylic acids is 1. The van der Waals surface area contributed by atoms with Gasteiger partial charge < -0.3 is 10.4 Å². The van der Waals surface area contributed by atoms with Crippen molar-refractivity contribution in [3.05, 3.63) is 24.0 Å². The molecule has 2 atom stereocenters. The van der Waals surface area contributed by atoms with Crippen molar-refractivity contribution in [3.63, 3.8) is 0 Å². The lowest BCUT2D eigenvalue weighted by atomic mass is 10.1. The van der Waals surface area contributed by atoms with Gasteiger partial charge in [-0.05, 0) is 43.9 Å². The summed E-state index contributed by atoms with van der Waals surface area (Å²) >= 11 is 0. The second-order valence-corrected chi connectivity index (χ2v) is 5.14. The molecule has 0 bridgehead atoms. The lowest BCUT2D eigenvalue weighted by Gasteiger charge is -2.15. The zero-order valence-corrected chi connectivity index (χ0v) is 10.7. The number of anilines is 1. The first-order valence-corrected chi connectivity index (χ1v) is 6.43. The van der Waals surface area contributed by atoms with Crippen molar-refractivity contribution in [1.82, 2.24) is 14.6 Å². The van der Waals surface area contributed by atoms with E-state index in [-0.39, 0.29) is 12.0 Å². The Labute approximate surface area is 110 Å². The van der Waals surface area contributed by atoms with E-state index in [9.17, 15) is 4.79 Å². The molecule has 6 heteroatoms. The van der Waals surface area contributed by atoms with Crippen LogP contribution in [0, 0.1) is 12.8 Å². The van der Waals surface area contributed by atoms with E-state index in [1.165, 1.54) is 6.33 Å². The third-order valence-corrected chi connectivity index (χ3v) is 3.66. The van der Waals surface area contributed by atoms with Crippen molar-refractivity contribution in [3.8, 4) is 0 Å². The number of nitrogens with one attached hydrogen (secondary N) is 1. The van der Waals surface area contributed by atoms with E-state index in [0.29, 0.717) is 6.42 Å². The Kier molecular flexibility index (Phi) is 2.85. The monoisotopic (exact) mass is 260 g/mol. The van der Waals surface area contributed by atoms with Crippen LogP contribution >= 0.6 is 0 Å². The summed E-state index contributed by atoms with van der Waals surface area (Å²) in [7, 11) is 0. The van der Waals surface area contributed by atoms with Crippen LogP contribution in [0.15, 0.2) is 18.5 Å². The third-order valence-electron chi connectivity index (χ3n) is 3.66. The fourth-order valence-corrected chi connectivity index (χ4v) is 2.71. The molecule has 0 aliphatic heterocycles. The number of carboxylic acid groups (broad SMARTS) is 1. The molecule has 19 heavy (non-hydrogen) atoms. The fourth-order valence-electron chi connectivity index (χ4n) is 2.71. The summed E-state index contributed by atoms with van der Waals surface area (Å²) in [5.41, 5.74) is 1.91. The zero-order chi connectivity index (χ0) is 13.4. The molecule has 0 aromatic carbocycles. The highest BCUT2D eigenvalue weighted by atomic mass is 16.4. The topological polar surface area (TPSA) is 79.5 Å².